The predicted octanol–water partition coefficient (Wildman–Crippen LogP) is 4.12. The number of nitrogens with zero attached hydrogens (tertiary/aromatic N) is 1. The number of hydrogen-bond acceptors (Lipinski definition) is 5. The average molecular weight is 338 g/mol. The third-order valence-corrected chi connectivity index (χ3v) is 5.42. The lowest BCUT2D eigenvalue weighted by atomic mass is 10.1. The molecule has 0 fully saturated rings. The molecule has 6 heteroatoms. The Hall–Kier alpha value is -2.78. The first-order valence-corrected chi connectivity index (χ1v) is 8.45. The van der Waals surface area contributed by atoms with Crippen LogP contribution in [0, 0.1) is 11.3 Å². The van der Waals surface area contributed by atoms with Crippen molar-refractivity contribution in [3.63, 3.8) is 0 Å². The number of ether oxygens (including phenoxy) is 1. The van der Waals surface area contributed by atoms with Crippen molar-refractivity contribution >= 4 is 33.2 Å². The third kappa shape index (κ3) is 2.25. The fourth-order valence-corrected chi connectivity index (χ4v) is 4.32. The number of hydrogen-bond donors (Lipinski definition) is 1. The second-order valence-corrected chi connectivity index (χ2v) is 6.72. The van der Waals surface area contributed by atoms with Crippen LogP contribution in [-0.2, 0) is 12.8 Å². The molecule has 0 aliphatic heterocycles. The number of furan rings is 1. The number of carbonyl (C=O) groups excluding carboxylic acids is 1. The molecule has 0 bridgehead atoms. The summed E-state index contributed by atoms with van der Waals surface area (Å²) in [5, 5.41) is 13.6. The first kappa shape index (κ1) is 14.8. The van der Waals surface area contributed by atoms with Gasteiger partial charge in [0.2, 0.25) is 0 Å². The first-order valence-electron chi connectivity index (χ1n) is 7.64. The lowest BCUT2D eigenvalue weighted by Crippen LogP contribution is -2.10. The summed E-state index contributed by atoms with van der Waals surface area (Å²) in [6.07, 6.45) is 2.96. The molecule has 2 aromatic heterocycles. The van der Waals surface area contributed by atoms with Gasteiger partial charge >= 0.3 is 0 Å². The Morgan fingerprint density at radius 3 is 3.08 bits per heavy atom. The number of thiophene rings is 1. The van der Waals surface area contributed by atoms with E-state index in [4.69, 9.17) is 9.15 Å². The second kappa shape index (κ2) is 5.69. The van der Waals surface area contributed by atoms with Gasteiger partial charge in [-0.05, 0) is 37.0 Å². The van der Waals surface area contributed by atoms with Gasteiger partial charge in [-0.2, -0.15) is 5.26 Å². The van der Waals surface area contributed by atoms with Gasteiger partial charge in [-0.25, -0.2) is 0 Å². The van der Waals surface area contributed by atoms with Gasteiger partial charge in [0.25, 0.3) is 5.91 Å². The summed E-state index contributed by atoms with van der Waals surface area (Å²) >= 11 is 1.49. The smallest absolute Gasteiger partial charge is 0.292 e. The van der Waals surface area contributed by atoms with Crippen LogP contribution in [-0.4, -0.2) is 13.0 Å². The standard InChI is InChI=1S/C18H14N2O3S/c1-22-13-6-2-4-10-8-14(23-16(10)13)17(21)20-18-12(9-19)11-5-3-7-15(11)24-18/h2,4,6,8H,3,5,7H2,1H3,(H,20,21). The van der Waals surface area contributed by atoms with Crippen molar-refractivity contribution in [1.82, 2.24) is 0 Å². The molecule has 0 unspecified atom stereocenters. The van der Waals surface area contributed by atoms with Crippen LogP contribution < -0.4 is 10.1 Å². The van der Waals surface area contributed by atoms with Crippen LogP contribution in [0.5, 0.6) is 5.75 Å². The number of methoxy groups -OCH3 is 1. The van der Waals surface area contributed by atoms with Crippen LogP contribution >= 0.6 is 11.3 Å². The monoisotopic (exact) mass is 338 g/mol. The van der Waals surface area contributed by atoms with Crippen LogP contribution in [0.3, 0.4) is 0 Å². The molecule has 24 heavy (non-hydrogen) atoms. The summed E-state index contributed by atoms with van der Waals surface area (Å²) in [6, 6.07) is 9.39. The average Bonchev–Trinajstić information content (AvgIpc) is 3.27. The molecule has 0 atom stereocenters. The largest absolute Gasteiger partial charge is 0.493 e. The zero-order valence-electron chi connectivity index (χ0n) is 13.0. The molecule has 1 N–H and O–H groups in total. The summed E-state index contributed by atoms with van der Waals surface area (Å²) in [5.41, 5.74) is 2.22. The zero-order valence-corrected chi connectivity index (χ0v) is 13.8. The predicted molar refractivity (Wildman–Crippen MR) is 91.8 cm³/mol. The number of carbonyl (C=O) groups is 1. The van der Waals surface area contributed by atoms with Crippen LogP contribution in [0.2, 0.25) is 0 Å². The Kier molecular flexibility index (Phi) is 3.51. The second-order valence-electron chi connectivity index (χ2n) is 5.62. The Morgan fingerprint density at radius 1 is 1.42 bits per heavy atom. The van der Waals surface area contributed by atoms with Gasteiger partial charge in [-0.3, -0.25) is 4.79 Å². The molecule has 4 rings (SSSR count). The maximum Gasteiger partial charge on any atom is 0.292 e. The Labute approximate surface area is 142 Å². The van der Waals surface area contributed by atoms with Crippen molar-refractivity contribution in [2.45, 2.75) is 19.3 Å². The molecule has 3 aromatic rings. The van der Waals surface area contributed by atoms with Crippen LogP contribution in [0.25, 0.3) is 11.0 Å². The molecule has 0 spiro atoms. The summed E-state index contributed by atoms with van der Waals surface area (Å²) in [4.78, 5) is 13.7. The molecule has 1 amide bonds. The molecule has 0 radical (unpaired) electrons. The van der Waals surface area contributed by atoms with E-state index >= 15 is 0 Å². The van der Waals surface area contributed by atoms with Gasteiger partial charge in [-0.1, -0.05) is 12.1 Å². The zero-order chi connectivity index (χ0) is 16.7. The molecule has 1 aromatic carbocycles. The SMILES string of the molecule is COc1cccc2cc(C(=O)Nc3sc4c(c3C#N)CCC4)oc12. The van der Waals surface area contributed by atoms with E-state index in [2.05, 4.69) is 11.4 Å². The minimum Gasteiger partial charge on any atom is -0.493 e. The van der Waals surface area contributed by atoms with Gasteiger partial charge < -0.3 is 14.5 Å². The normalized spacial score (nSPS) is 12.8. The van der Waals surface area contributed by atoms with Gasteiger partial charge in [-0.15, -0.1) is 11.3 Å². The topological polar surface area (TPSA) is 75.3 Å². The fourth-order valence-electron chi connectivity index (χ4n) is 3.08. The summed E-state index contributed by atoms with van der Waals surface area (Å²) < 4.78 is 10.9. The highest BCUT2D eigenvalue weighted by Gasteiger charge is 2.24. The minimum atomic E-state index is -0.357. The highest BCUT2D eigenvalue weighted by molar-refractivity contribution is 7.16. The van der Waals surface area contributed by atoms with E-state index in [1.54, 1.807) is 19.2 Å². The number of para-hydroxylation sites is 1. The molecule has 120 valence electrons. The molecular weight excluding hydrogens is 324 g/mol. The maximum absolute atomic E-state index is 12.5. The number of fused-ring (bicyclic) bond motifs is 2. The summed E-state index contributed by atoms with van der Waals surface area (Å²) in [7, 11) is 1.56. The van der Waals surface area contributed by atoms with E-state index in [0.29, 0.717) is 21.9 Å². The van der Waals surface area contributed by atoms with Crippen molar-refractivity contribution in [3.05, 3.63) is 46.0 Å². The maximum atomic E-state index is 12.5. The van der Waals surface area contributed by atoms with Crippen molar-refractivity contribution in [2.24, 2.45) is 0 Å². The van der Waals surface area contributed by atoms with Crippen molar-refractivity contribution in [2.75, 3.05) is 12.4 Å². The lowest BCUT2D eigenvalue weighted by Gasteiger charge is -2.01. The first-order chi connectivity index (χ1) is 11.7. The van der Waals surface area contributed by atoms with E-state index in [0.717, 1.165) is 30.2 Å². The van der Waals surface area contributed by atoms with E-state index in [-0.39, 0.29) is 11.7 Å². The van der Waals surface area contributed by atoms with E-state index < -0.39 is 0 Å². The number of amides is 1. The van der Waals surface area contributed by atoms with Gasteiger partial charge in [0, 0.05) is 10.3 Å². The number of nitrogens with one attached hydrogen (secondary N) is 1. The number of nitriles is 1. The van der Waals surface area contributed by atoms with E-state index in [9.17, 15) is 10.1 Å². The van der Waals surface area contributed by atoms with Crippen LogP contribution in [0.1, 0.15) is 33.0 Å². The minimum absolute atomic E-state index is 0.201. The fraction of sp³-hybridized carbons (Fsp3) is 0.222. The van der Waals surface area contributed by atoms with Crippen LogP contribution in [0.15, 0.2) is 28.7 Å². The van der Waals surface area contributed by atoms with Gasteiger partial charge in [0.15, 0.2) is 17.1 Å². The number of anilines is 1. The molecular formula is C18H14N2O3S. The van der Waals surface area contributed by atoms with E-state index in [1.165, 1.54) is 16.2 Å². The lowest BCUT2D eigenvalue weighted by molar-refractivity contribution is 0.0999. The van der Waals surface area contributed by atoms with Crippen LogP contribution in [0.4, 0.5) is 5.00 Å². The molecule has 1 aliphatic carbocycles. The number of rotatable bonds is 3. The van der Waals surface area contributed by atoms with Crippen molar-refractivity contribution < 1.29 is 13.9 Å². The molecule has 0 saturated carbocycles. The molecule has 2 heterocycles. The Balaban J connectivity index is 1.67. The highest BCUT2D eigenvalue weighted by atomic mass is 32.1. The summed E-state index contributed by atoms with van der Waals surface area (Å²) in [6.45, 7) is 0. The molecule has 5 nitrogen and oxygen atoms in total. The molecule has 0 saturated heterocycles. The highest BCUT2D eigenvalue weighted by Crippen LogP contribution is 2.39. The molecule has 1 aliphatic rings. The van der Waals surface area contributed by atoms with Gasteiger partial charge in [0.1, 0.15) is 11.1 Å². The van der Waals surface area contributed by atoms with Crippen molar-refractivity contribution in [1.29, 1.82) is 5.26 Å². The third-order valence-electron chi connectivity index (χ3n) is 4.21. The van der Waals surface area contributed by atoms with Crippen molar-refractivity contribution in [3.8, 4) is 11.8 Å². The quantitative estimate of drug-likeness (QED) is 0.779. The number of benzene rings is 1. The Morgan fingerprint density at radius 2 is 2.29 bits per heavy atom. The number of aryl methyl sites for hydroxylation is 1. The summed E-state index contributed by atoms with van der Waals surface area (Å²) in [5.74, 6) is 0.427. The Bertz CT molecular complexity index is 994. The van der Waals surface area contributed by atoms with E-state index in [1.807, 2.05) is 12.1 Å². The van der Waals surface area contributed by atoms with Gasteiger partial charge in [0.05, 0.1) is 12.7 Å².